The first-order chi connectivity index (χ1) is 9.26. The maximum atomic E-state index is 8.97. The molecule has 6 nitrogen and oxygen atoms in total. The topological polar surface area (TPSA) is 69.4 Å². The van der Waals surface area contributed by atoms with Crippen molar-refractivity contribution >= 4 is 15.9 Å². The van der Waals surface area contributed by atoms with Crippen molar-refractivity contribution in [1.82, 2.24) is 15.0 Å². The number of aliphatic hydroxyl groups is 1. The van der Waals surface area contributed by atoms with Gasteiger partial charge in [-0.05, 0) is 17.7 Å². The maximum Gasteiger partial charge on any atom is 0.162 e. The van der Waals surface area contributed by atoms with E-state index in [1.165, 1.54) is 0 Å². The van der Waals surface area contributed by atoms with Gasteiger partial charge >= 0.3 is 0 Å². The number of fused-ring (bicyclic) bond motifs is 1. The highest BCUT2D eigenvalue weighted by atomic mass is 79.9. The average Bonchev–Trinajstić information content (AvgIpc) is 2.87. The zero-order valence-electron chi connectivity index (χ0n) is 10.0. The number of hydrogen-bond donors (Lipinski definition) is 1. The fourth-order valence-corrected chi connectivity index (χ4v) is 2.34. The van der Waals surface area contributed by atoms with E-state index in [0.29, 0.717) is 25.5 Å². The Bertz CT molecular complexity index is 600. The molecule has 7 heteroatoms. The van der Waals surface area contributed by atoms with Gasteiger partial charge in [-0.2, -0.15) is 0 Å². The predicted octanol–water partition coefficient (Wildman–Crippen LogP) is 1.35. The van der Waals surface area contributed by atoms with E-state index < -0.39 is 0 Å². The van der Waals surface area contributed by atoms with E-state index in [-0.39, 0.29) is 6.61 Å². The van der Waals surface area contributed by atoms with Crippen molar-refractivity contribution in [1.29, 1.82) is 0 Å². The van der Waals surface area contributed by atoms with Crippen LogP contribution < -0.4 is 9.47 Å². The van der Waals surface area contributed by atoms with Crippen molar-refractivity contribution in [2.45, 2.75) is 13.2 Å². The van der Waals surface area contributed by atoms with Crippen LogP contribution in [0.25, 0.3) is 0 Å². The van der Waals surface area contributed by atoms with Crippen molar-refractivity contribution in [3.63, 3.8) is 0 Å². The second-order valence-corrected chi connectivity index (χ2v) is 5.01. The minimum atomic E-state index is -0.109. The van der Waals surface area contributed by atoms with Crippen LogP contribution in [0.1, 0.15) is 11.3 Å². The minimum absolute atomic E-state index is 0.109. The molecule has 0 bridgehead atoms. The molecule has 1 aliphatic rings. The molecule has 19 heavy (non-hydrogen) atoms. The summed E-state index contributed by atoms with van der Waals surface area (Å²) in [4.78, 5) is 0. The van der Waals surface area contributed by atoms with Crippen LogP contribution in [-0.2, 0) is 13.2 Å². The SMILES string of the molecule is OCc1cn(Cc2cc3c(cc2Br)OCCO3)nn1. The Kier molecular flexibility index (Phi) is 3.39. The number of aliphatic hydroxyl groups excluding tert-OH is 1. The molecule has 0 aliphatic carbocycles. The van der Waals surface area contributed by atoms with Gasteiger partial charge in [-0.3, -0.25) is 0 Å². The van der Waals surface area contributed by atoms with Crippen LogP contribution in [0.3, 0.4) is 0 Å². The molecule has 0 atom stereocenters. The van der Waals surface area contributed by atoms with Crippen LogP contribution in [0.2, 0.25) is 0 Å². The first-order valence-electron chi connectivity index (χ1n) is 5.84. The van der Waals surface area contributed by atoms with Crippen LogP contribution in [-0.4, -0.2) is 33.3 Å². The number of hydrogen-bond acceptors (Lipinski definition) is 5. The summed E-state index contributed by atoms with van der Waals surface area (Å²) in [5.41, 5.74) is 1.56. The fraction of sp³-hybridized carbons (Fsp3) is 0.333. The second-order valence-electron chi connectivity index (χ2n) is 4.15. The largest absolute Gasteiger partial charge is 0.486 e. The normalized spacial score (nSPS) is 13.6. The Labute approximate surface area is 118 Å². The van der Waals surface area contributed by atoms with Gasteiger partial charge in [-0.15, -0.1) is 5.10 Å². The Hall–Kier alpha value is -1.60. The molecule has 0 amide bonds. The molecule has 0 unspecified atom stereocenters. The Morgan fingerprint density at radius 3 is 2.68 bits per heavy atom. The highest BCUT2D eigenvalue weighted by Gasteiger charge is 2.15. The third kappa shape index (κ3) is 2.57. The molecule has 0 fully saturated rings. The molecular formula is C12H12BrN3O3. The zero-order valence-corrected chi connectivity index (χ0v) is 11.6. The summed E-state index contributed by atoms with van der Waals surface area (Å²) in [6.45, 7) is 1.57. The number of ether oxygens (including phenoxy) is 2. The summed E-state index contributed by atoms with van der Waals surface area (Å²) in [5.74, 6) is 1.49. The van der Waals surface area contributed by atoms with Gasteiger partial charge in [0.15, 0.2) is 11.5 Å². The number of halogens is 1. The maximum absolute atomic E-state index is 8.97. The fourth-order valence-electron chi connectivity index (χ4n) is 1.89. The summed E-state index contributed by atoms with van der Waals surface area (Å²) < 4.78 is 13.7. The van der Waals surface area contributed by atoms with E-state index in [9.17, 15) is 0 Å². The predicted molar refractivity (Wildman–Crippen MR) is 70.2 cm³/mol. The first-order valence-corrected chi connectivity index (χ1v) is 6.63. The highest BCUT2D eigenvalue weighted by Crippen LogP contribution is 2.35. The van der Waals surface area contributed by atoms with Gasteiger partial charge in [0.25, 0.3) is 0 Å². The Morgan fingerprint density at radius 2 is 2.00 bits per heavy atom. The zero-order chi connectivity index (χ0) is 13.2. The van der Waals surface area contributed by atoms with Crippen LogP contribution >= 0.6 is 15.9 Å². The van der Waals surface area contributed by atoms with Crippen LogP contribution in [0.4, 0.5) is 0 Å². The average molecular weight is 326 g/mol. The Balaban J connectivity index is 1.87. The minimum Gasteiger partial charge on any atom is -0.486 e. The number of nitrogens with zero attached hydrogens (tertiary/aromatic N) is 3. The van der Waals surface area contributed by atoms with E-state index in [4.69, 9.17) is 14.6 Å². The first kappa shape index (κ1) is 12.4. The summed E-state index contributed by atoms with van der Waals surface area (Å²) in [7, 11) is 0. The molecule has 0 spiro atoms. The monoisotopic (exact) mass is 325 g/mol. The number of aromatic nitrogens is 3. The highest BCUT2D eigenvalue weighted by molar-refractivity contribution is 9.10. The molecule has 0 radical (unpaired) electrons. The molecule has 1 aromatic heterocycles. The van der Waals surface area contributed by atoms with Gasteiger partial charge in [0.05, 0.1) is 19.3 Å². The van der Waals surface area contributed by atoms with Crippen molar-refractivity contribution in [2.24, 2.45) is 0 Å². The van der Waals surface area contributed by atoms with Gasteiger partial charge in [0.1, 0.15) is 18.9 Å². The lowest BCUT2D eigenvalue weighted by molar-refractivity contribution is 0.171. The molecule has 100 valence electrons. The van der Waals surface area contributed by atoms with Crippen LogP contribution in [0.15, 0.2) is 22.8 Å². The lowest BCUT2D eigenvalue weighted by Crippen LogP contribution is -2.16. The van der Waals surface area contributed by atoms with Crippen molar-refractivity contribution in [2.75, 3.05) is 13.2 Å². The van der Waals surface area contributed by atoms with Crippen LogP contribution in [0.5, 0.6) is 11.5 Å². The van der Waals surface area contributed by atoms with Crippen LogP contribution in [0, 0.1) is 0 Å². The third-order valence-electron chi connectivity index (χ3n) is 2.79. The summed E-state index contributed by atoms with van der Waals surface area (Å²) in [6.07, 6.45) is 1.71. The van der Waals surface area contributed by atoms with Crippen molar-refractivity contribution in [3.05, 3.63) is 34.1 Å². The third-order valence-corrected chi connectivity index (χ3v) is 3.53. The van der Waals surface area contributed by atoms with E-state index in [1.54, 1.807) is 10.9 Å². The molecule has 0 saturated heterocycles. The van der Waals surface area contributed by atoms with E-state index in [0.717, 1.165) is 21.5 Å². The quantitative estimate of drug-likeness (QED) is 0.922. The molecule has 2 heterocycles. The lowest BCUT2D eigenvalue weighted by Gasteiger charge is -2.19. The van der Waals surface area contributed by atoms with Crippen molar-refractivity contribution < 1.29 is 14.6 Å². The van der Waals surface area contributed by atoms with Gasteiger partial charge in [-0.25, -0.2) is 4.68 Å². The number of benzene rings is 1. The molecule has 0 saturated carbocycles. The molecule has 1 N–H and O–H groups in total. The molecule has 2 aromatic rings. The van der Waals surface area contributed by atoms with E-state index in [2.05, 4.69) is 26.2 Å². The van der Waals surface area contributed by atoms with Crippen molar-refractivity contribution in [3.8, 4) is 11.5 Å². The second kappa shape index (κ2) is 5.18. The Morgan fingerprint density at radius 1 is 1.26 bits per heavy atom. The van der Waals surface area contributed by atoms with Gasteiger partial charge in [0, 0.05) is 4.47 Å². The van der Waals surface area contributed by atoms with Gasteiger partial charge < -0.3 is 14.6 Å². The van der Waals surface area contributed by atoms with E-state index >= 15 is 0 Å². The molecular weight excluding hydrogens is 314 g/mol. The van der Waals surface area contributed by atoms with Gasteiger partial charge in [0.2, 0.25) is 0 Å². The number of rotatable bonds is 3. The standard InChI is InChI=1S/C12H12BrN3O3/c13-10-4-12-11(18-1-2-19-12)3-8(10)5-16-6-9(7-17)14-15-16/h3-4,6,17H,1-2,5,7H2. The lowest BCUT2D eigenvalue weighted by atomic mass is 10.2. The summed E-state index contributed by atoms with van der Waals surface area (Å²) >= 11 is 3.51. The summed E-state index contributed by atoms with van der Waals surface area (Å²) in [5, 5.41) is 16.8. The van der Waals surface area contributed by atoms with E-state index in [1.807, 2.05) is 12.1 Å². The molecule has 1 aliphatic heterocycles. The molecule has 3 rings (SSSR count). The smallest absolute Gasteiger partial charge is 0.162 e. The summed E-state index contributed by atoms with van der Waals surface area (Å²) in [6, 6.07) is 3.83. The van der Waals surface area contributed by atoms with Gasteiger partial charge in [-0.1, -0.05) is 21.1 Å². The molecule has 1 aromatic carbocycles.